The Morgan fingerprint density at radius 2 is 2.54 bits per heavy atom. The van der Waals surface area contributed by atoms with E-state index in [0.29, 0.717) is 10.7 Å². The highest BCUT2D eigenvalue weighted by atomic mass is 35.5. The van der Waals surface area contributed by atoms with Gasteiger partial charge in [-0.15, -0.1) is 6.42 Å². The Kier molecular flexibility index (Phi) is 2.99. The SMILES string of the molecule is C#CC(C)OC(=O)c1cc(Cl)c[nH]1. The standard InChI is InChI=1S/C9H8ClNO2/c1-3-6(2)13-9(12)8-4-7(10)5-11-8/h1,4-6,11H,2H3. The smallest absolute Gasteiger partial charge is 0.356 e. The lowest BCUT2D eigenvalue weighted by Gasteiger charge is -2.04. The van der Waals surface area contributed by atoms with Crippen LogP contribution in [-0.4, -0.2) is 17.1 Å². The van der Waals surface area contributed by atoms with Crippen molar-refractivity contribution in [2.24, 2.45) is 0 Å². The van der Waals surface area contributed by atoms with Crippen molar-refractivity contribution in [3.05, 3.63) is 23.0 Å². The molecule has 0 aromatic carbocycles. The number of aromatic nitrogens is 1. The van der Waals surface area contributed by atoms with Crippen LogP contribution in [0, 0.1) is 12.3 Å². The molecule has 1 heterocycles. The molecule has 1 N–H and O–H groups in total. The Balaban J connectivity index is 2.65. The van der Waals surface area contributed by atoms with Gasteiger partial charge in [-0.1, -0.05) is 17.5 Å². The van der Waals surface area contributed by atoms with Crippen molar-refractivity contribution in [1.82, 2.24) is 4.98 Å². The monoisotopic (exact) mass is 197 g/mol. The fraction of sp³-hybridized carbons (Fsp3) is 0.222. The number of terminal acetylenes is 1. The molecule has 0 spiro atoms. The minimum absolute atomic E-state index is 0.298. The van der Waals surface area contributed by atoms with Gasteiger partial charge in [-0.3, -0.25) is 0 Å². The first-order valence-corrected chi connectivity index (χ1v) is 4.02. The predicted octanol–water partition coefficient (Wildman–Crippen LogP) is 1.85. The van der Waals surface area contributed by atoms with Gasteiger partial charge in [-0.25, -0.2) is 4.79 Å². The number of halogens is 1. The van der Waals surface area contributed by atoms with Crippen molar-refractivity contribution >= 4 is 17.6 Å². The lowest BCUT2D eigenvalue weighted by molar-refractivity contribution is 0.0432. The van der Waals surface area contributed by atoms with E-state index in [4.69, 9.17) is 22.8 Å². The maximum atomic E-state index is 11.2. The molecule has 13 heavy (non-hydrogen) atoms. The zero-order valence-corrected chi connectivity index (χ0v) is 7.76. The number of aromatic amines is 1. The normalized spacial score (nSPS) is 11.8. The number of H-pyrrole nitrogens is 1. The molecule has 4 heteroatoms. The molecule has 0 aliphatic heterocycles. The van der Waals surface area contributed by atoms with E-state index in [1.54, 1.807) is 6.92 Å². The molecule has 0 aliphatic rings. The van der Waals surface area contributed by atoms with Gasteiger partial charge in [0.05, 0.1) is 5.02 Å². The summed E-state index contributed by atoms with van der Waals surface area (Å²) in [5, 5.41) is 0.459. The molecule has 1 rings (SSSR count). The van der Waals surface area contributed by atoms with Crippen molar-refractivity contribution in [2.45, 2.75) is 13.0 Å². The number of carbonyl (C=O) groups is 1. The Bertz CT molecular complexity index is 351. The zero-order valence-electron chi connectivity index (χ0n) is 7.00. The molecular formula is C9H8ClNO2. The van der Waals surface area contributed by atoms with Crippen LogP contribution in [0.2, 0.25) is 5.02 Å². The molecule has 0 radical (unpaired) electrons. The molecular weight excluding hydrogens is 190 g/mol. The maximum absolute atomic E-state index is 11.2. The second-order valence-corrected chi connectivity index (χ2v) is 2.88. The van der Waals surface area contributed by atoms with E-state index >= 15 is 0 Å². The van der Waals surface area contributed by atoms with Crippen molar-refractivity contribution in [1.29, 1.82) is 0 Å². The van der Waals surface area contributed by atoms with Crippen LogP contribution in [0.25, 0.3) is 0 Å². The van der Waals surface area contributed by atoms with Gasteiger partial charge >= 0.3 is 5.97 Å². The minimum atomic E-state index is -0.533. The first-order valence-electron chi connectivity index (χ1n) is 3.64. The van der Waals surface area contributed by atoms with Crippen molar-refractivity contribution in [3.8, 4) is 12.3 Å². The third-order valence-corrected chi connectivity index (χ3v) is 1.60. The van der Waals surface area contributed by atoms with Crippen molar-refractivity contribution < 1.29 is 9.53 Å². The number of carbonyl (C=O) groups excluding carboxylic acids is 1. The highest BCUT2D eigenvalue weighted by Crippen LogP contribution is 2.10. The van der Waals surface area contributed by atoms with Gasteiger partial charge in [0.2, 0.25) is 0 Å². The second kappa shape index (κ2) is 4.01. The molecule has 0 bridgehead atoms. The van der Waals surface area contributed by atoms with Crippen LogP contribution in [0.3, 0.4) is 0 Å². The van der Waals surface area contributed by atoms with Crippen LogP contribution >= 0.6 is 11.6 Å². The van der Waals surface area contributed by atoms with Gasteiger partial charge in [-0.05, 0) is 13.0 Å². The summed E-state index contributed by atoms with van der Waals surface area (Å²) in [6.45, 7) is 1.61. The number of rotatable bonds is 2. The second-order valence-electron chi connectivity index (χ2n) is 2.45. The Labute approximate surface area is 81.0 Å². The molecule has 3 nitrogen and oxygen atoms in total. The summed E-state index contributed by atoms with van der Waals surface area (Å²) in [6.07, 6.45) is 6.01. The van der Waals surface area contributed by atoms with Crippen LogP contribution in [0.1, 0.15) is 17.4 Å². The van der Waals surface area contributed by atoms with Crippen LogP contribution in [0.15, 0.2) is 12.3 Å². The number of esters is 1. The first kappa shape index (κ1) is 9.69. The maximum Gasteiger partial charge on any atom is 0.356 e. The largest absolute Gasteiger partial charge is 0.445 e. The molecule has 0 saturated carbocycles. The first-order chi connectivity index (χ1) is 6.13. The van der Waals surface area contributed by atoms with E-state index < -0.39 is 12.1 Å². The van der Waals surface area contributed by atoms with E-state index in [1.165, 1.54) is 12.3 Å². The molecule has 1 atom stereocenters. The summed E-state index contributed by atoms with van der Waals surface area (Å²) < 4.78 is 4.83. The van der Waals surface area contributed by atoms with E-state index in [9.17, 15) is 4.79 Å². The van der Waals surface area contributed by atoms with Gasteiger partial charge in [0.15, 0.2) is 6.10 Å². The average Bonchev–Trinajstić information content (AvgIpc) is 2.51. The molecule has 0 fully saturated rings. The lowest BCUT2D eigenvalue weighted by atomic mass is 10.4. The Morgan fingerprint density at radius 3 is 3.00 bits per heavy atom. The number of hydrogen-bond acceptors (Lipinski definition) is 2. The molecule has 0 amide bonds. The average molecular weight is 198 g/mol. The summed E-state index contributed by atoms with van der Waals surface area (Å²) in [4.78, 5) is 13.9. The van der Waals surface area contributed by atoms with Gasteiger partial charge in [0.25, 0.3) is 0 Å². The topological polar surface area (TPSA) is 42.1 Å². The predicted molar refractivity (Wildman–Crippen MR) is 49.5 cm³/mol. The molecule has 1 aromatic rings. The summed E-state index contributed by atoms with van der Waals surface area (Å²) >= 11 is 5.60. The fourth-order valence-electron chi connectivity index (χ4n) is 0.744. The summed E-state index contributed by atoms with van der Waals surface area (Å²) in [7, 11) is 0. The van der Waals surface area contributed by atoms with Gasteiger partial charge in [0.1, 0.15) is 5.69 Å². The number of ether oxygens (including phenoxy) is 1. The van der Waals surface area contributed by atoms with Gasteiger partial charge in [0, 0.05) is 6.20 Å². The van der Waals surface area contributed by atoms with Crippen LogP contribution < -0.4 is 0 Å². The van der Waals surface area contributed by atoms with Crippen LogP contribution in [-0.2, 0) is 4.74 Å². The molecule has 1 unspecified atom stereocenters. The van der Waals surface area contributed by atoms with Gasteiger partial charge in [-0.2, -0.15) is 0 Å². The third-order valence-electron chi connectivity index (χ3n) is 1.39. The minimum Gasteiger partial charge on any atom is -0.445 e. The van der Waals surface area contributed by atoms with Crippen molar-refractivity contribution in [2.75, 3.05) is 0 Å². The Hall–Kier alpha value is -1.40. The summed E-state index contributed by atoms with van der Waals surface area (Å²) in [5.41, 5.74) is 0.298. The molecule has 0 saturated heterocycles. The van der Waals surface area contributed by atoms with E-state index in [1.807, 2.05) is 0 Å². The summed E-state index contributed by atoms with van der Waals surface area (Å²) in [5.74, 6) is 1.78. The van der Waals surface area contributed by atoms with E-state index in [2.05, 4.69) is 10.9 Å². The van der Waals surface area contributed by atoms with Crippen LogP contribution in [0.4, 0.5) is 0 Å². The quantitative estimate of drug-likeness (QED) is 0.581. The zero-order chi connectivity index (χ0) is 9.84. The highest BCUT2D eigenvalue weighted by Gasteiger charge is 2.11. The summed E-state index contributed by atoms with van der Waals surface area (Å²) in [6, 6.07) is 1.48. The number of hydrogen-bond donors (Lipinski definition) is 1. The van der Waals surface area contributed by atoms with Crippen molar-refractivity contribution in [3.63, 3.8) is 0 Å². The van der Waals surface area contributed by atoms with Crippen LogP contribution in [0.5, 0.6) is 0 Å². The lowest BCUT2D eigenvalue weighted by Crippen LogP contribution is -2.13. The molecule has 0 aliphatic carbocycles. The van der Waals surface area contributed by atoms with E-state index in [0.717, 1.165) is 0 Å². The molecule has 1 aromatic heterocycles. The highest BCUT2D eigenvalue weighted by molar-refractivity contribution is 6.30. The van der Waals surface area contributed by atoms with Gasteiger partial charge < -0.3 is 9.72 Å². The third kappa shape index (κ3) is 2.53. The molecule has 68 valence electrons. The van der Waals surface area contributed by atoms with E-state index in [-0.39, 0.29) is 0 Å². The fourth-order valence-corrected chi connectivity index (χ4v) is 0.907. The Morgan fingerprint density at radius 1 is 1.85 bits per heavy atom. The number of nitrogens with one attached hydrogen (secondary N) is 1.